The Hall–Kier alpha value is -1.65. The third kappa shape index (κ3) is 4.75. The molecule has 0 atom stereocenters. The van der Waals surface area contributed by atoms with Gasteiger partial charge in [-0.3, -0.25) is 4.31 Å². The summed E-state index contributed by atoms with van der Waals surface area (Å²) < 4.78 is 43.0. The minimum absolute atomic E-state index is 0.0982. The van der Waals surface area contributed by atoms with Crippen LogP contribution in [-0.2, 0) is 6.18 Å². The Bertz CT molecular complexity index is 888. The molecule has 2 aliphatic rings. The van der Waals surface area contributed by atoms with Crippen LogP contribution in [-0.4, -0.2) is 44.6 Å². The van der Waals surface area contributed by atoms with Crippen molar-refractivity contribution in [3.63, 3.8) is 0 Å². The van der Waals surface area contributed by atoms with Crippen LogP contribution in [0.4, 0.5) is 19.1 Å². The second-order valence-electron chi connectivity index (χ2n) is 7.14. The zero-order valence-corrected chi connectivity index (χ0v) is 17.6. The summed E-state index contributed by atoms with van der Waals surface area (Å²) in [4.78, 5) is 13.0. The summed E-state index contributed by atoms with van der Waals surface area (Å²) in [6, 6.07) is 0.156. The molecular weight excluding hydrogens is 419 g/mol. The van der Waals surface area contributed by atoms with Crippen molar-refractivity contribution in [1.29, 1.82) is 0 Å². The molecule has 2 aromatic heterocycles. The fourth-order valence-corrected chi connectivity index (χ4v) is 5.17. The topological polar surface area (TPSA) is 53.9 Å². The normalized spacial score (nSPS) is 18.8. The first-order chi connectivity index (χ1) is 13.9. The number of nitrogens with zero attached hydrogens (tertiary/aromatic N) is 4. The summed E-state index contributed by atoms with van der Waals surface area (Å²) in [5, 5.41) is 4.00. The molecule has 29 heavy (non-hydrogen) atoms. The fraction of sp³-hybridized carbons (Fsp3) is 0.526. The van der Waals surface area contributed by atoms with Crippen molar-refractivity contribution in [1.82, 2.24) is 19.3 Å². The summed E-state index contributed by atoms with van der Waals surface area (Å²) in [5.41, 5.74) is 0.192. The number of thiazole rings is 1. The average Bonchev–Trinajstić information content (AvgIpc) is 3.39. The van der Waals surface area contributed by atoms with Crippen LogP contribution in [0, 0.1) is 0 Å². The highest BCUT2D eigenvalue weighted by atomic mass is 32.2. The van der Waals surface area contributed by atoms with Crippen molar-refractivity contribution in [2.75, 3.05) is 24.7 Å². The van der Waals surface area contributed by atoms with Gasteiger partial charge in [0.05, 0.1) is 10.6 Å². The van der Waals surface area contributed by atoms with E-state index in [1.807, 2.05) is 6.26 Å². The number of rotatable bonds is 5. The smallest absolute Gasteiger partial charge is 0.351 e. The lowest BCUT2D eigenvalue weighted by atomic mass is 10.1. The number of halogens is 3. The SMILES string of the molecule is CSN1CCC(Nc2ncc(C(F)(F)F)c(-c3cnc(C4=CCCC4)s3)n2)CC1. The quantitative estimate of drug-likeness (QED) is 0.632. The summed E-state index contributed by atoms with van der Waals surface area (Å²) in [6.45, 7) is 1.86. The van der Waals surface area contributed by atoms with Gasteiger partial charge in [0.25, 0.3) is 0 Å². The lowest BCUT2D eigenvalue weighted by molar-refractivity contribution is -0.137. The Morgan fingerprint density at radius 2 is 2.00 bits per heavy atom. The third-order valence-electron chi connectivity index (χ3n) is 5.19. The van der Waals surface area contributed by atoms with Crippen LogP contribution >= 0.6 is 23.3 Å². The van der Waals surface area contributed by atoms with Gasteiger partial charge in [0.1, 0.15) is 10.6 Å². The second kappa shape index (κ2) is 8.61. The molecule has 0 radical (unpaired) electrons. The molecule has 0 unspecified atom stereocenters. The van der Waals surface area contributed by atoms with Gasteiger partial charge >= 0.3 is 6.18 Å². The van der Waals surface area contributed by atoms with E-state index in [1.165, 1.54) is 17.5 Å². The number of nitrogens with one attached hydrogen (secondary N) is 1. The molecule has 1 aliphatic carbocycles. The van der Waals surface area contributed by atoms with Gasteiger partial charge in [0.15, 0.2) is 0 Å². The summed E-state index contributed by atoms with van der Waals surface area (Å²) in [6.07, 6.45) is 6.81. The van der Waals surface area contributed by atoms with Crippen LogP contribution in [0.3, 0.4) is 0 Å². The van der Waals surface area contributed by atoms with Crippen LogP contribution in [0.5, 0.6) is 0 Å². The van der Waals surface area contributed by atoms with Gasteiger partial charge in [-0.05, 0) is 43.9 Å². The van der Waals surface area contributed by atoms with E-state index in [1.54, 1.807) is 11.9 Å². The molecule has 0 amide bonds. The van der Waals surface area contributed by atoms with Crippen LogP contribution in [0.2, 0.25) is 0 Å². The summed E-state index contributed by atoms with van der Waals surface area (Å²) >= 11 is 2.98. The highest BCUT2D eigenvalue weighted by Crippen LogP contribution is 2.40. The number of hydrogen-bond donors (Lipinski definition) is 1. The highest BCUT2D eigenvalue weighted by Gasteiger charge is 2.36. The standard InChI is InChI=1S/C19H22F3N5S2/c1-28-27-8-6-13(7-9-27)25-18-24-10-14(19(20,21)22)16(26-18)15-11-23-17(29-15)12-4-2-3-5-12/h4,10-11,13H,2-3,5-9H2,1H3,(H,24,25,26). The molecule has 1 saturated heterocycles. The van der Waals surface area contributed by atoms with Crippen molar-refractivity contribution in [3.8, 4) is 10.6 Å². The number of anilines is 1. The number of aromatic nitrogens is 3. The zero-order chi connectivity index (χ0) is 20.4. The second-order valence-corrected chi connectivity index (χ2v) is 9.05. The first-order valence-electron chi connectivity index (χ1n) is 9.59. The minimum atomic E-state index is -4.52. The van der Waals surface area contributed by atoms with Crippen molar-refractivity contribution in [2.24, 2.45) is 0 Å². The molecule has 5 nitrogen and oxygen atoms in total. The molecule has 0 spiro atoms. The Morgan fingerprint density at radius 3 is 2.66 bits per heavy atom. The molecule has 2 aromatic rings. The zero-order valence-electron chi connectivity index (χ0n) is 16.0. The van der Waals surface area contributed by atoms with E-state index in [0.29, 0.717) is 4.88 Å². The van der Waals surface area contributed by atoms with E-state index in [2.05, 4.69) is 30.6 Å². The predicted molar refractivity (Wildman–Crippen MR) is 112 cm³/mol. The van der Waals surface area contributed by atoms with Gasteiger partial charge in [-0.2, -0.15) is 13.2 Å². The van der Waals surface area contributed by atoms with Crippen molar-refractivity contribution in [3.05, 3.63) is 29.0 Å². The molecule has 156 valence electrons. The van der Waals surface area contributed by atoms with Crippen molar-refractivity contribution < 1.29 is 13.2 Å². The molecule has 4 rings (SSSR count). The van der Waals surface area contributed by atoms with E-state index >= 15 is 0 Å². The van der Waals surface area contributed by atoms with E-state index in [9.17, 15) is 13.2 Å². The lowest BCUT2D eigenvalue weighted by Crippen LogP contribution is -2.35. The van der Waals surface area contributed by atoms with Gasteiger partial charge in [-0.15, -0.1) is 11.3 Å². The van der Waals surface area contributed by atoms with Gasteiger partial charge < -0.3 is 5.32 Å². The molecule has 1 N–H and O–H groups in total. The van der Waals surface area contributed by atoms with Crippen LogP contribution < -0.4 is 5.32 Å². The van der Waals surface area contributed by atoms with Crippen LogP contribution in [0.15, 0.2) is 18.5 Å². The van der Waals surface area contributed by atoms with Crippen molar-refractivity contribution in [2.45, 2.75) is 44.3 Å². The summed E-state index contributed by atoms with van der Waals surface area (Å²) in [7, 11) is 0. The number of alkyl halides is 3. The maximum Gasteiger partial charge on any atom is 0.420 e. The molecule has 3 heterocycles. The summed E-state index contributed by atoms with van der Waals surface area (Å²) in [5.74, 6) is 0.241. The molecule has 0 bridgehead atoms. The molecular formula is C19H22F3N5S2. The average molecular weight is 442 g/mol. The Kier molecular flexibility index (Phi) is 6.12. The van der Waals surface area contributed by atoms with Crippen molar-refractivity contribution >= 4 is 34.8 Å². The molecule has 1 aliphatic heterocycles. The Morgan fingerprint density at radius 1 is 1.21 bits per heavy atom. The first-order valence-corrected chi connectivity index (χ1v) is 11.6. The van der Waals surface area contributed by atoms with E-state index < -0.39 is 11.7 Å². The van der Waals surface area contributed by atoms with Crippen LogP contribution in [0.1, 0.15) is 42.7 Å². The molecule has 0 aromatic carbocycles. The Labute approximate surface area is 176 Å². The molecule has 10 heteroatoms. The van der Waals surface area contributed by atoms with Gasteiger partial charge in [-0.1, -0.05) is 18.0 Å². The van der Waals surface area contributed by atoms with Gasteiger partial charge in [0.2, 0.25) is 5.95 Å². The minimum Gasteiger partial charge on any atom is -0.351 e. The fourth-order valence-electron chi connectivity index (χ4n) is 3.61. The molecule has 0 saturated carbocycles. The maximum absolute atomic E-state index is 13.6. The van der Waals surface area contributed by atoms with E-state index in [0.717, 1.165) is 62.0 Å². The lowest BCUT2D eigenvalue weighted by Gasteiger charge is -2.30. The third-order valence-corrected chi connectivity index (χ3v) is 7.16. The largest absolute Gasteiger partial charge is 0.420 e. The monoisotopic (exact) mass is 441 g/mol. The maximum atomic E-state index is 13.6. The number of piperidine rings is 1. The number of hydrogen-bond acceptors (Lipinski definition) is 7. The first kappa shape index (κ1) is 20.6. The predicted octanol–water partition coefficient (Wildman–Crippen LogP) is 5.34. The molecule has 1 fully saturated rings. The van der Waals surface area contributed by atoms with Gasteiger partial charge in [-0.25, -0.2) is 15.0 Å². The van der Waals surface area contributed by atoms with E-state index in [4.69, 9.17) is 0 Å². The highest BCUT2D eigenvalue weighted by molar-refractivity contribution is 7.96. The van der Waals surface area contributed by atoms with E-state index in [-0.39, 0.29) is 17.7 Å². The Balaban J connectivity index is 1.60. The number of allylic oxidation sites excluding steroid dienone is 2. The van der Waals surface area contributed by atoms with Crippen LogP contribution in [0.25, 0.3) is 16.1 Å². The van der Waals surface area contributed by atoms with Gasteiger partial charge in [0, 0.05) is 31.5 Å².